The summed E-state index contributed by atoms with van der Waals surface area (Å²) in [4.78, 5) is 0. The van der Waals surface area contributed by atoms with Crippen LogP contribution in [0.3, 0.4) is 0 Å². The van der Waals surface area contributed by atoms with E-state index < -0.39 is 11.9 Å². The van der Waals surface area contributed by atoms with E-state index in [1.165, 1.54) is 0 Å². The van der Waals surface area contributed by atoms with Crippen LogP contribution in [0.2, 0.25) is 0 Å². The maximum Gasteiger partial charge on any atom is 0.432 e. The number of hydrogen-bond donors (Lipinski definition) is 2. The quantitative estimate of drug-likeness (QED) is 0.614. The van der Waals surface area contributed by atoms with Gasteiger partial charge in [0.15, 0.2) is 0 Å². The van der Waals surface area contributed by atoms with Crippen LogP contribution in [0, 0.1) is 0 Å². The Morgan fingerprint density at radius 3 is 1.50 bits per heavy atom. The third-order valence-electron chi connectivity index (χ3n) is 0.507. The van der Waals surface area contributed by atoms with Crippen LogP contribution in [0.5, 0.6) is 0 Å². The zero-order valence-corrected chi connectivity index (χ0v) is 6.32. The minimum Gasteiger partial charge on any atom is -0.403 e. The lowest BCUT2D eigenvalue weighted by Gasteiger charge is -2.02. The zero-order chi connectivity index (χ0) is 6.78. The molecule has 0 radical (unpaired) electrons. The maximum atomic E-state index is 11.2. The molecule has 0 saturated carbocycles. The van der Waals surface area contributed by atoms with Gasteiger partial charge in [0.2, 0.25) is 0 Å². The first kappa shape index (κ1) is 16.4. The van der Waals surface area contributed by atoms with Crippen LogP contribution in [-0.4, -0.2) is 6.18 Å². The molecule has 0 bridgehead atoms. The van der Waals surface area contributed by atoms with Crippen LogP contribution in [0.1, 0.15) is 0 Å². The molecule has 64 valence electrons. The van der Waals surface area contributed by atoms with Crippen LogP contribution in [0.25, 0.3) is 0 Å². The third-order valence-corrected chi connectivity index (χ3v) is 0.507. The van der Waals surface area contributed by atoms with Gasteiger partial charge in [-0.25, -0.2) is 0 Å². The Bertz CT molecular complexity index is 111. The molecule has 10 heavy (non-hydrogen) atoms. The summed E-state index contributed by atoms with van der Waals surface area (Å²) in [6.07, 6.45) is -4.16. The average Bonchev–Trinajstić information content (AvgIpc) is 1.62. The maximum absolute atomic E-state index is 11.2. The van der Waals surface area contributed by atoms with Gasteiger partial charge in [-0.3, -0.25) is 0 Å². The molecule has 0 aromatic rings. The molecular weight excluding hydrogens is 192 g/mol. The SMILES string of the molecule is Cl.Cl.NC=C(N)C(F)(F)F. The van der Waals surface area contributed by atoms with Gasteiger partial charge in [-0.1, -0.05) is 0 Å². The average molecular weight is 199 g/mol. The molecule has 0 saturated heterocycles. The molecule has 7 heteroatoms. The van der Waals surface area contributed by atoms with Crippen molar-refractivity contribution in [1.29, 1.82) is 0 Å². The van der Waals surface area contributed by atoms with E-state index in [9.17, 15) is 13.2 Å². The smallest absolute Gasteiger partial charge is 0.403 e. The highest BCUT2D eigenvalue weighted by atomic mass is 35.5. The first-order valence-electron chi connectivity index (χ1n) is 1.73. The van der Waals surface area contributed by atoms with Gasteiger partial charge >= 0.3 is 6.18 Å². The largest absolute Gasteiger partial charge is 0.432 e. The van der Waals surface area contributed by atoms with E-state index in [1.807, 2.05) is 0 Å². The summed E-state index contributed by atoms with van der Waals surface area (Å²) < 4.78 is 33.5. The fourth-order valence-electron chi connectivity index (χ4n) is 0.0945. The molecule has 0 amide bonds. The third kappa shape index (κ3) is 5.84. The van der Waals surface area contributed by atoms with E-state index in [2.05, 4.69) is 11.5 Å². The van der Waals surface area contributed by atoms with Crippen molar-refractivity contribution in [2.75, 3.05) is 0 Å². The summed E-state index contributed by atoms with van der Waals surface area (Å²) >= 11 is 0. The van der Waals surface area contributed by atoms with Gasteiger partial charge in [-0.05, 0) is 0 Å². The number of allylic oxidation sites excluding steroid dienone is 1. The number of alkyl halides is 3. The molecule has 0 aromatic carbocycles. The molecule has 0 aromatic heterocycles. The first-order valence-corrected chi connectivity index (χ1v) is 1.73. The molecule has 0 atom stereocenters. The molecule has 0 aliphatic heterocycles. The van der Waals surface area contributed by atoms with Gasteiger partial charge in [-0.2, -0.15) is 13.2 Å². The van der Waals surface area contributed by atoms with Crippen molar-refractivity contribution in [2.45, 2.75) is 6.18 Å². The predicted molar refractivity (Wildman–Crippen MR) is 37.0 cm³/mol. The highest BCUT2D eigenvalue weighted by Crippen LogP contribution is 2.19. The van der Waals surface area contributed by atoms with Gasteiger partial charge in [0.1, 0.15) is 5.70 Å². The molecular formula is C3H7Cl2F3N2. The highest BCUT2D eigenvalue weighted by Gasteiger charge is 2.30. The van der Waals surface area contributed by atoms with Crippen molar-refractivity contribution in [2.24, 2.45) is 11.5 Å². The second-order valence-electron chi connectivity index (χ2n) is 1.12. The van der Waals surface area contributed by atoms with Gasteiger partial charge in [-0.15, -0.1) is 24.8 Å². The summed E-state index contributed by atoms with van der Waals surface area (Å²) in [7, 11) is 0. The lowest BCUT2D eigenvalue weighted by Crippen LogP contribution is -2.20. The van der Waals surface area contributed by atoms with E-state index in [0.29, 0.717) is 6.20 Å². The van der Waals surface area contributed by atoms with Crippen molar-refractivity contribution in [3.8, 4) is 0 Å². The molecule has 0 unspecified atom stereocenters. The predicted octanol–water partition coefficient (Wildman–Crippen LogP) is 1.15. The molecule has 0 spiro atoms. The number of nitrogens with two attached hydrogens (primary N) is 2. The lowest BCUT2D eigenvalue weighted by molar-refractivity contribution is -0.0928. The number of hydrogen-bond acceptors (Lipinski definition) is 2. The van der Waals surface area contributed by atoms with Crippen molar-refractivity contribution >= 4 is 24.8 Å². The standard InChI is InChI=1S/C3H5F3N2.2ClH/c4-3(5,6)2(8)1-7;;/h1H,7-8H2;2*1H. The molecule has 0 rings (SSSR count). The molecule has 2 nitrogen and oxygen atoms in total. The Balaban J connectivity index is -0.000000245. The van der Waals surface area contributed by atoms with Crippen LogP contribution >= 0.6 is 24.8 Å². The molecule has 0 aliphatic rings. The van der Waals surface area contributed by atoms with Crippen molar-refractivity contribution in [1.82, 2.24) is 0 Å². The second-order valence-corrected chi connectivity index (χ2v) is 1.12. The topological polar surface area (TPSA) is 52.0 Å². The summed E-state index contributed by atoms with van der Waals surface area (Å²) in [5, 5.41) is 0. The summed E-state index contributed by atoms with van der Waals surface area (Å²) in [5.41, 5.74) is 7.55. The minimum absolute atomic E-state index is 0. The fraction of sp³-hybridized carbons (Fsp3) is 0.333. The Morgan fingerprint density at radius 2 is 1.50 bits per heavy atom. The van der Waals surface area contributed by atoms with Crippen LogP contribution in [0.15, 0.2) is 11.9 Å². The Morgan fingerprint density at radius 1 is 1.20 bits per heavy atom. The molecule has 0 heterocycles. The Kier molecular flexibility index (Phi) is 8.98. The van der Waals surface area contributed by atoms with Gasteiger partial charge < -0.3 is 11.5 Å². The monoisotopic (exact) mass is 198 g/mol. The van der Waals surface area contributed by atoms with Gasteiger partial charge in [0.05, 0.1) is 0 Å². The lowest BCUT2D eigenvalue weighted by atomic mass is 10.5. The Labute approximate surface area is 68.3 Å². The summed E-state index contributed by atoms with van der Waals surface area (Å²) in [6, 6.07) is 0. The molecule has 0 fully saturated rings. The van der Waals surface area contributed by atoms with E-state index in [0.717, 1.165) is 0 Å². The minimum atomic E-state index is -4.48. The van der Waals surface area contributed by atoms with E-state index in [-0.39, 0.29) is 24.8 Å². The Hall–Kier alpha value is -0.290. The molecule has 0 aliphatic carbocycles. The zero-order valence-electron chi connectivity index (χ0n) is 4.68. The van der Waals surface area contributed by atoms with Crippen molar-refractivity contribution < 1.29 is 13.2 Å². The molecule has 4 N–H and O–H groups in total. The summed E-state index contributed by atoms with van der Waals surface area (Å²) in [5.74, 6) is 0. The van der Waals surface area contributed by atoms with Crippen LogP contribution in [0.4, 0.5) is 13.2 Å². The highest BCUT2D eigenvalue weighted by molar-refractivity contribution is 5.85. The summed E-state index contributed by atoms with van der Waals surface area (Å²) in [6.45, 7) is 0. The first-order chi connectivity index (χ1) is 3.48. The number of halogens is 5. The van der Waals surface area contributed by atoms with Crippen molar-refractivity contribution in [3.05, 3.63) is 11.9 Å². The fourth-order valence-corrected chi connectivity index (χ4v) is 0.0945. The second kappa shape index (κ2) is 5.49. The van der Waals surface area contributed by atoms with Crippen LogP contribution < -0.4 is 11.5 Å². The van der Waals surface area contributed by atoms with E-state index in [4.69, 9.17) is 0 Å². The van der Waals surface area contributed by atoms with Crippen molar-refractivity contribution in [3.63, 3.8) is 0 Å². The van der Waals surface area contributed by atoms with Gasteiger partial charge in [0, 0.05) is 6.20 Å². The van der Waals surface area contributed by atoms with E-state index >= 15 is 0 Å². The van der Waals surface area contributed by atoms with Gasteiger partial charge in [0.25, 0.3) is 0 Å². The van der Waals surface area contributed by atoms with Crippen LogP contribution in [-0.2, 0) is 0 Å². The normalized spacial score (nSPS) is 11.3. The number of rotatable bonds is 0. The van der Waals surface area contributed by atoms with E-state index in [1.54, 1.807) is 0 Å².